The van der Waals surface area contributed by atoms with Gasteiger partial charge in [-0.05, 0) is 55.2 Å². The fourth-order valence-electron chi connectivity index (χ4n) is 3.28. The number of hydrogen-bond acceptors (Lipinski definition) is 7. The van der Waals surface area contributed by atoms with Crippen molar-refractivity contribution < 1.29 is 22.7 Å². The molecule has 2 aromatic carbocycles. The molecule has 0 radical (unpaired) electrons. The predicted molar refractivity (Wildman–Crippen MR) is 120 cm³/mol. The van der Waals surface area contributed by atoms with Crippen LogP contribution in [-0.4, -0.2) is 32.1 Å². The van der Waals surface area contributed by atoms with Crippen LogP contribution < -0.4 is 19.5 Å². The van der Waals surface area contributed by atoms with Gasteiger partial charge in [-0.2, -0.15) is 0 Å². The molecule has 1 saturated carbocycles. The van der Waals surface area contributed by atoms with Gasteiger partial charge in [0.15, 0.2) is 16.6 Å². The molecule has 1 amide bonds. The number of fused-ring (bicyclic) bond motifs is 1. The second kappa shape index (κ2) is 8.53. The Morgan fingerprint density at radius 2 is 1.88 bits per heavy atom. The Kier molecular flexibility index (Phi) is 5.58. The molecular formula is C22H21N3O5S2. The number of hydrogen-bond donors (Lipinski definition) is 2. The number of sulfonamides is 1. The van der Waals surface area contributed by atoms with Crippen LogP contribution in [0.2, 0.25) is 0 Å². The Morgan fingerprint density at radius 1 is 1.09 bits per heavy atom. The third kappa shape index (κ3) is 4.77. The monoisotopic (exact) mass is 471 g/mol. The van der Waals surface area contributed by atoms with Crippen molar-refractivity contribution in [1.82, 2.24) is 9.71 Å². The molecule has 1 aliphatic heterocycles. The van der Waals surface area contributed by atoms with E-state index in [0.29, 0.717) is 23.1 Å². The highest BCUT2D eigenvalue weighted by Gasteiger charge is 2.27. The van der Waals surface area contributed by atoms with Crippen molar-refractivity contribution in [2.45, 2.75) is 36.6 Å². The van der Waals surface area contributed by atoms with Crippen molar-refractivity contribution in [3.63, 3.8) is 0 Å². The van der Waals surface area contributed by atoms with Crippen LogP contribution in [0, 0.1) is 0 Å². The van der Waals surface area contributed by atoms with Crippen molar-refractivity contribution in [2.75, 3.05) is 12.1 Å². The summed E-state index contributed by atoms with van der Waals surface area (Å²) in [6.07, 6.45) is 2.56. The van der Waals surface area contributed by atoms with Gasteiger partial charge in [0, 0.05) is 23.4 Å². The van der Waals surface area contributed by atoms with Crippen LogP contribution in [-0.2, 0) is 21.2 Å². The number of thiazole rings is 1. The Labute approximate surface area is 189 Å². The molecule has 32 heavy (non-hydrogen) atoms. The quantitative estimate of drug-likeness (QED) is 0.520. The van der Waals surface area contributed by atoms with Crippen LogP contribution in [0.25, 0.3) is 11.3 Å². The van der Waals surface area contributed by atoms with E-state index in [4.69, 9.17) is 9.47 Å². The Morgan fingerprint density at radius 3 is 2.66 bits per heavy atom. The van der Waals surface area contributed by atoms with E-state index in [2.05, 4.69) is 15.0 Å². The number of benzene rings is 2. The molecule has 3 aromatic rings. The molecule has 166 valence electrons. The number of aryl methyl sites for hydroxylation is 1. The normalized spacial score (nSPS) is 15.0. The summed E-state index contributed by atoms with van der Waals surface area (Å²) in [5.74, 6) is 1.24. The maximum absolute atomic E-state index is 12.4. The van der Waals surface area contributed by atoms with E-state index in [-0.39, 0.29) is 30.1 Å². The third-order valence-corrected chi connectivity index (χ3v) is 7.49. The first-order chi connectivity index (χ1) is 15.5. The molecule has 0 spiro atoms. The van der Waals surface area contributed by atoms with Crippen LogP contribution in [0.15, 0.2) is 52.7 Å². The van der Waals surface area contributed by atoms with E-state index in [1.165, 1.54) is 11.3 Å². The van der Waals surface area contributed by atoms with Gasteiger partial charge in [0.1, 0.15) is 0 Å². The Bertz CT molecular complexity index is 1250. The molecule has 5 rings (SSSR count). The van der Waals surface area contributed by atoms with E-state index in [1.807, 2.05) is 23.6 Å². The topological polar surface area (TPSA) is 107 Å². The van der Waals surface area contributed by atoms with Crippen LogP contribution in [0.3, 0.4) is 0 Å². The molecule has 0 bridgehead atoms. The summed E-state index contributed by atoms with van der Waals surface area (Å²) in [4.78, 5) is 17.1. The minimum atomic E-state index is -3.46. The molecule has 1 aliphatic carbocycles. The highest BCUT2D eigenvalue weighted by Crippen LogP contribution is 2.36. The molecule has 1 aromatic heterocycles. The number of nitrogens with one attached hydrogen (secondary N) is 2. The van der Waals surface area contributed by atoms with E-state index >= 15 is 0 Å². The van der Waals surface area contributed by atoms with Gasteiger partial charge in [-0.15, -0.1) is 11.3 Å². The highest BCUT2D eigenvalue weighted by molar-refractivity contribution is 7.89. The van der Waals surface area contributed by atoms with Crippen LogP contribution in [0.5, 0.6) is 11.5 Å². The first-order valence-electron chi connectivity index (χ1n) is 10.2. The summed E-state index contributed by atoms with van der Waals surface area (Å²) in [6, 6.07) is 12.3. The van der Waals surface area contributed by atoms with Gasteiger partial charge in [0.05, 0.1) is 10.6 Å². The number of ether oxygens (including phenoxy) is 2. The summed E-state index contributed by atoms with van der Waals surface area (Å²) in [6.45, 7) is 0.215. The summed E-state index contributed by atoms with van der Waals surface area (Å²) in [5.41, 5.74) is 2.53. The molecule has 1 fully saturated rings. The van der Waals surface area contributed by atoms with Gasteiger partial charge in [0.2, 0.25) is 22.7 Å². The average Bonchev–Trinajstić information content (AvgIpc) is 3.25. The number of carbonyl (C=O) groups is 1. The van der Waals surface area contributed by atoms with Gasteiger partial charge >= 0.3 is 0 Å². The number of nitrogens with zero attached hydrogens (tertiary/aromatic N) is 1. The van der Waals surface area contributed by atoms with Gasteiger partial charge in [0.25, 0.3) is 0 Å². The zero-order valence-corrected chi connectivity index (χ0v) is 18.7. The van der Waals surface area contributed by atoms with Crippen LogP contribution in [0.4, 0.5) is 5.13 Å². The van der Waals surface area contributed by atoms with E-state index in [1.54, 1.807) is 24.3 Å². The maximum atomic E-state index is 12.4. The van der Waals surface area contributed by atoms with E-state index < -0.39 is 10.0 Å². The lowest BCUT2D eigenvalue weighted by atomic mass is 10.1. The lowest BCUT2D eigenvalue weighted by Gasteiger charge is -2.07. The summed E-state index contributed by atoms with van der Waals surface area (Å²) in [7, 11) is -3.46. The highest BCUT2D eigenvalue weighted by atomic mass is 32.2. The zero-order chi connectivity index (χ0) is 22.1. The largest absolute Gasteiger partial charge is 0.454 e. The van der Waals surface area contributed by atoms with Gasteiger partial charge in [-0.25, -0.2) is 18.1 Å². The molecule has 10 heteroatoms. The number of rotatable bonds is 8. The fraction of sp³-hybridized carbons (Fsp3) is 0.273. The summed E-state index contributed by atoms with van der Waals surface area (Å²) in [5, 5.41) is 5.23. The standard InChI is InChI=1S/C22H21N3O5S2/c26-21(10-3-14-1-7-17(8-2-14)32(27,28)25-16-5-6-16)24-22-23-18(12-31-22)15-4-9-19-20(11-15)30-13-29-19/h1-2,4,7-9,11-12,16,25H,3,5-6,10,13H2,(H,23,24,26). The van der Waals surface area contributed by atoms with Crippen molar-refractivity contribution in [1.29, 1.82) is 0 Å². The molecule has 8 nitrogen and oxygen atoms in total. The lowest BCUT2D eigenvalue weighted by molar-refractivity contribution is -0.116. The summed E-state index contributed by atoms with van der Waals surface area (Å²) >= 11 is 1.35. The van der Waals surface area contributed by atoms with Crippen molar-refractivity contribution in [3.8, 4) is 22.8 Å². The van der Waals surface area contributed by atoms with E-state index in [0.717, 1.165) is 29.7 Å². The number of anilines is 1. The van der Waals surface area contributed by atoms with Gasteiger partial charge < -0.3 is 14.8 Å². The third-order valence-electron chi connectivity index (χ3n) is 5.19. The van der Waals surface area contributed by atoms with Crippen molar-refractivity contribution in [3.05, 3.63) is 53.4 Å². The second-order valence-corrected chi connectivity index (χ2v) is 10.3. The summed E-state index contributed by atoms with van der Waals surface area (Å²) < 4.78 is 37.8. The minimum Gasteiger partial charge on any atom is -0.454 e. The smallest absolute Gasteiger partial charge is 0.240 e. The van der Waals surface area contributed by atoms with Crippen LogP contribution >= 0.6 is 11.3 Å². The average molecular weight is 472 g/mol. The predicted octanol–water partition coefficient (Wildman–Crippen LogP) is 3.55. The molecule has 2 N–H and O–H groups in total. The Balaban J connectivity index is 1.15. The first-order valence-corrected chi connectivity index (χ1v) is 12.6. The van der Waals surface area contributed by atoms with Crippen LogP contribution in [0.1, 0.15) is 24.8 Å². The molecule has 0 atom stereocenters. The number of carbonyl (C=O) groups excluding carboxylic acids is 1. The zero-order valence-electron chi connectivity index (χ0n) is 17.0. The lowest BCUT2D eigenvalue weighted by Crippen LogP contribution is -2.25. The molecule has 0 unspecified atom stereocenters. The minimum absolute atomic E-state index is 0.0693. The van der Waals surface area contributed by atoms with Gasteiger partial charge in [-0.3, -0.25) is 4.79 Å². The molecule has 0 saturated heterocycles. The fourth-order valence-corrected chi connectivity index (χ4v) is 5.32. The van der Waals surface area contributed by atoms with Crippen molar-refractivity contribution in [2.24, 2.45) is 0 Å². The van der Waals surface area contributed by atoms with E-state index in [9.17, 15) is 13.2 Å². The van der Waals surface area contributed by atoms with Gasteiger partial charge in [-0.1, -0.05) is 12.1 Å². The Hall–Kier alpha value is -2.95. The number of aromatic nitrogens is 1. The molecular weight excluding hydrogens is 450 g/mol. The molecule has 2 aliphatic rings. The maximum Gasteiger partial charge on any atom is 0.240 e. The van der Waals surface area contributed by atoms with Crippen molar-refractivity contribution >= 4 is 32.4 Å². The molecule has 2 heterocycles. The SMILES string of the molecule is O=C(CCc1ccc(S(=O)(=O)NC2CC2)cc1)Nc1nc(-c2ccc3c(c2)OCO3)cs1. The second-order valence-electron chi connectivity index (χ2n) is 7.69. The first kappa shape index (κ1) is 20.9. The number of amides is 1.